The van der Waals surface area contributed by atoms with Crippen LogP contribution in [0.2, 0.25) is 0 Å². The van der Waals surface area contributed by atoms with Gasteiger partial charge < -0.3 is 20.3 Å². The van der Waals surface area contributed by atoms with E-state index < -0.39 is 28.9 Å². The third-order valence-corrected chi connectivity index (χ3v) is 16.1. The highest BCUT2D eigenvalue weighted by Crippen LogP contribution is 2.77. The number of carboxylic acids is 1. The fourth-order valence-corrected chi connectivity index (χ4v) is 13.1. The van der Waals surface area contributed by atoms with E-state index in [-0.39, 0.29) is 57.6 Å². The summed E-state index contributed by atoms with van der Waals surface area (Å²) in [7, 11) is 0. The molecule has 0 saturated heterocycles. The summed E-state index contributed by atoms with van der Waals surface area (Å²) < 4.78 is 19.6. The minimum Gasteiger partial charge on any atom is -0.481 e. The molecular formula is C44H64FNO6. The van der Waals surface area contributed by atoms with Gasteiger partial charge in [-0.25, -0.2) is 4.39 Å². The molecule has 0 aromatic heterocycles. The zero-order valence-electron chi connectivity index (χ0n) is 33.2. The summed E-state index contributed by atoms with van der Waals surface area (Å²) in [6.45, 7) is 20.4. The Morgan fingerprint density at radius 3 is 2.25 bits per heavy atom. The molecule has 4 fully saturated rings. The molecule has 1 aromatic rings. The van der Waals surface area contributed by atoms with Gasteiger partial charge in [-0.1, -0.05) is 66.2 Å². The summed E-state index contributed by atoms with van der Waals surface area (Å²) in [5.74, 6) is -0.356. The number of Topliss-reactive ketones (excluding diaryl/α,β-unsaturated/α-hetero) is 1. The van der Waals surface area contributed by atoms with Crippen molar-refractivity contribution in [2.75, 3.05) is 6.54 Å². The number of carbonyl (C=O) groups is 3. The summed E-state index contributed by atoms with van der Waals surface area (Å²) >= 11 is 0. The van der Waals surface area contributed by atoms with Crippen LogP contribution in [0.1, 0.15) is 132 Å². The van der Waals surface area contributed by atoms with E-state index in [0.717, 1.165) is 62.5 Å². The van der Waals surface area contributed by atoms with Gasteiger partial charge in [-0.15, -0.1) is 0 Å². The van der Waals surface area contributed by atoms with Gasteiger partial charge in [0.15, 0.2) is 5.78 Å². The topological polar surface area (TPSA) is 113 Å². The first-order valence-electron chi connectivity index (χ1n) is 20.0. The van der Waals surface area contributed by atoms with Crippen LogP contribution in [0.3, 0.4) is 0 Å². The number of fused-ring (bicyclic) bond motifs is 7. The molecule has 0 radical (unpaired) electrons. The van der Waals surface area contributed by atoms with Crippen molar-refractivity contribution < 1.29 is 33.7 Å². The van der Waals surface area contributed by atoms with Crippen molar-refractivity contribution in [2.45, 2.75) is 145 Å². The number of aliphatic carboxylic acids is 1. The molecule has 3 N–H and O–H groups in total. The van der Waals surface area contributed by atoms with Crippen molar-refractivity contribution in [3.63, 3.8) is 0 Å². The highest BCUT2D eigenvalue weighted by atomic mass is 19.1. The molecule has 5 aliphatic rings. The maximum absolute atomic E-state index is 14.0. The quantitative estimate of drug-likeness (QED) is 0.207. The van der Waals surface area contributed by atoms with E-state index in [0.29, 0.717) is 31.3 Å². The molecule has 7 nitrogen and oxygen atoms in total. The molecule has 8 heteroatoms. The van der Waals surface area contributed by atoms with E-state index in [1.54, 1.807) is 26.0 Å². The van der Waals surface area contributed by atoms with Crippen molar-refractivity contribution in [1.82, 2.24) is 5.32 Å². The van der Waals surface area contributed by atoms with Crippen molar-refractivity contribution in [3.8, 4) is 0 Å². The Morgan fingerprint density at radius 1 is 0.942 bits per heavy atom. The summed E-state index contributed by atoms with van der Waals surface area (Å²) in [5, 5.41) is 25.1. The molecule has 0 aliphatic heterocycles. The summed E-state index contributed by atoms with van der Waals surface area (Å²) in [6.07, 6.45) is 6.91. The van der Waals surface area contributed by atoms with Gasteiger partial charge >= 0.3 is 11.9 Å². The molecule has 6 rings (SSSR count). The Labute approximate surface area is 310 Å². The smallest absolute Gasteiger partial charge is 0.309 e. The average Bonchev–Trinajstić information content (AvgIpc) is 3.36. The second-order valence-electron chi connectivity index (χ2n) is 19.8. The molecule has 4 saturated carbocycles. The minimum absolute atomic E-state index is 0.0327. The van der Waals surface area contributed by atoms with Gasteiger partial charge in [-0.3, -0.25) is 14.4 Å². The highest BCUT2D eigenvalue weighted by molar-refractivity contribution is 6.00. The molecular weight excluding hydrogens is 657 g/mol. The van der Waals surface area contributed by atoms with E-state index in [9.17, 15) is 29.0 Å². The van der Waals surface area contributed by atoms with Gasteiger partial charge in [0, 0.05) is 30.3 Å². The van der Waals surface area contributed by atoms with Gasteiger partial charge in [-0.05, 0) is 128 Å². The van der Waals surface area contributed by atoms with Crippen LogP contribution in [-0.2, 0) is 25.7 Å². The number of hydrogen-bond acceptors (Lipinski definition) is 6. The Bertz CT molecular complexity index is 1610. The number of rotatable bonds is 10. The standard InChI is InChI=1S/C44H64FNO6/c1-26(2)36-30(47)22-44(33(48)25-46-24-27-10-12-28(45)13-11-27)21-20-42(8)29(37(36)44)14-15-32-41(7)18-17-34(52-35(49)23-39(3,4)38(50)51)40(5,6)31(41)16-19-43(32,42)9/h10-13,26,29,31-34,46,48H,14-25H2,1-9H3,(H,50,51)/t29-,31+,32-,33-,34+,41+,42-,43-,44+/m1/s1. The number of aliphatic hydroxyl groups excluding tert-OH is 1. The predicted octanol–water partition coefficient (Wildman–Crippen LogP) is 8.67. The lowest BCUT2D eigenvalue weighted by Gasteiger charge is -2.72. The number of ketones is 1. The van der Waals surface area contributed by atoms with E-state index in [2.05, 4.69) is 53.8 Å². The first kappa shape index (κ1) is 39.1. The molecule has 0 unspecified atom stereocenters. The average molecular weight is 722 g/mol. The Hall–Kier alpha value is -2.58. The molecule has 9 atom stereocenters. The normalized spacial score (nSPS) is 37.5. The predicted molar refractivity (Wildman–Crippen MR) is 199 cm³/mol. The monoisotopic (exact) mass is 721 g/mol. The summed E-state index contributed by atoms with van der Waals surface area (Å²) in [5.41, 5.74) is 1.22. The van der Waals surface area contributed by atoms with Crippen molar-refractivity contribution in [1.29, 1.82) is 0 Å². The van der Waals surface area contributed by atoms with Crippen LogP contribution >= 0.6 is 0 Å². The summed E-state index contributed by atoms with van der Waals surface area (Å²) in [6, 6.07) is 6.44. The van der Waals surface area contributed by atoms with Crippen LogP contribution in [0.15, 0.2) is 35.4 Å². The third-order valence-electron chi connectivity index (χ3n) is 16.1. The van der Waals surface area contributed by atoms with Crippen LogP contribution in [0, 0.1) is 62.0 Å². The van der Waals surface area contributed by atoms with E-state index in [1.165, 1.54) is 17.7 Å². The number of aliphatic hydroxyl groups is 1. The van der Waals surface area contributed by atoms with Crippen LogP contribution in [0.5, 0.6) is 0 Å². The van der Waals surface area contributed by atoms with Gasteiger partial charge in [0.2, 0.25) is 0 Å². The van der Waals surface area contributed by atoms with Gasteiger partial charge in [0.1, 0.15) is 11.9 Å². The zero-order valence-corrected chi connectivity index (χ0v) is 33.2. The Kier molecular flexibility index (Phi) is 10.0. The lowest BCUT2D eigenvalue weighted by atomic mass is 9.33. The largest absolute Gasteiger partial charge is 0.481 e. The first-order chi connectivity index (χ1) is 24.1. The fourth-order valence-electron chi connectivity index (χ4n) is 13.1. The highest BCUT2D eigenvalue weighted by Gasteiger charge is 2.70. The second-order valence-corrected chi connectivity index (χ2v) is 19.8. The van der Waals surface area contributed by atoms with Crippen molar-refractivity contribution >= 4 is 17.7 Å². The lowest BCUT2D eigenvalue weighted by molar-refractivity contribution is -0.235. The number of benzene rings is 1. The van der Waals surface area contributed by atoms with Crippen molar-refractivity contribution in [3.05, 3.63) is 46.8 Å². The first-order valence-corrected chi connectivity index (χ1v) is 20.0. The van der Waals surface area contributed by atoms with Crippen LogP contribution in [0.25, 0.3) is 0 Å². The van der Waals surface area contributed by atoms with Crippen LogP contribution < -0.4 is 5.32 Å². The van der Waals surface area contributed by atoms with Crippen LogP contribution in [-0.4, -0.2) is 46.7 Å². The lowest BCUT2D eigenvalue weighted by Crippen LogP contribution is -2.66. The van der Waals surface area contributed by atoms with E-state index in [1.807, 2.05) is 0 Å². The molecule has 0 heterocycles. The third kappa shape index (κ3) is 6.01. The van der Waals surface area contributed by atoms with E-state index >= 15 is 0 Å². The summed E-state index contributed by atoms with van der Waals surface area (Å²) in [4.78, 5) is 38.8. The number of allylic oxidation sites excluding steroid dienone is 1. The number of esters is 1. The number of nitrogens with one attached hydrogen (secondary N) is 1. The zero-order chi connectivity index (χ0) is 38.2. The Balaban J connectivity index is 1.26. The van der Waals surface area contributed by atoms with Crippen LogP contribution in [0.4, 0.5) is 4.39 Å². The van der Waals surface area contributed by atoms with Gasteiger partial charge in [0.25, 0.3) is 0 Å². The van der Waals surface area contributed by atoms with Gasteiger partial charge in [-0.2, -0.15) is 0 Å². The number of halogens is 1. The maximum Gasteiger partial charge on any atom is 0.309 e. The number of carbonyl (C=O) groups excluding carboxylic acids is 2. The molecule has 1 aromatic carbocycles. The van der Waals surface area contributed by atoms with Gasteiger partial charge in [0.05, 0.1) is 17.9 Å². The second kappa shape index (κ2) is 13.3. The molecule has 0 amide bonds. The number of carboxylic acid groups (broad SMARTS) is 1. The molecule has 288 valence electrons. The minimum atomic E-state index is -1.17. The fraction of sp³-hybridized carbons (Fsp3) is 0.750. The van der Waals surface area contributed by atoms with E-state index in [4.69, 9.17) is 4.74 Å². The SMILES string of the molecule is CC(C)C1=C2[C@H]3CC[C@@H]4[C@@]5(C)CC[C@H](OC(=O)CC(C)(C)C(=O)O)C(C)(C)[C@@H]5CC[C@@]4(C)[C@]3(C)CC[C@@]2([C@H](O)CNCc2ccc(F)cc2)CC1=O. The molecule has 52 heavy (non-hydrogen) atoms. The Morgan fingerprint density at radius 2 is 1.62 bits per heavy atom. The van der Waals surface area contributed by atoms with Crippen molar-refractivity contribution in [2.24, 2.45) is 56.2 Å². The number of hydrogen-bond donors (Lipinski definition) is 3. The molecule has 0 bridgehead atoms. The molecule has 5 aliphatic carbocycles. The molecule has 0 spiro atoms. The maximum atomic E-state index is 14.0. The number of ether oxygens (including phenoxy) is 1.